The van der Waals surface area contributed by atoms with Gasteiger partial charge in [-0.05, 0) is 48.6 Å². The molecule has 28 heavy (non-hydrogen) atoms. The Bertz CT molecular complexity index is 941. The lowest BCUT2D eigenvalue weighted by atomic mass is 9.97. The number of hydrogen-bond acceptors (Lipinski definition) is 6. The van der Waals surface area contributed by atoms with Crippen LogP contribution in [0.4, 0.5) is 16.5 Å². The molecule has 146 valence electrons. The number of anilines is 3. The molecular formula is C21H24N4OS2. The van der Waals surface area contributed by atoms with E-state index in [9.17, 15) is 4.79 Å². The van der Waals surface area contributed by atoms with Crippen LogP contribution >= 0.6 is 23.1 Å². The number of hydrogen-bond donors (Lipinski definition) is 2. The fraction of sp³-hybridized carbons (Fsp3) is 0.286. The lowest BCUT2D eigenvalue weighted by Gasteiger charge is -2.15. The molecule has 0 aliphatic heterocycles. The zero-order chi connectivity index (χ0) is 19.9. The first kappa shape index (κ1) is 20.4. The van der Waals surface area contributed by atoms with Crippen molar-refractivity contribution in [3.63, 3.8) is 0 Å². The molecule has 1 heterocycles. The van der Waals surface area contributed by atoms with Gasteiger partial charge in [-0.25, -0.2) is 0 Å². The summed E-state index contributed by atoms with van der Waals surface area (Å²) in [6.45, 7) is 6.37. The first-order valence-corrected chi connectivity index (χ1v) is 11.0. The summed E-state index contributed by atoms with van der Waals surface area (Å²) >= 11 is 2.84. The number of rotatable bonds is 8. The minimum atomic E-state index is -0.0378. The molecule has 0 aliphatic carbocycles. The molecule has 0 radical (unpaired) electrons. The van der Waals surface area contributed by atoms with E-state index in [0.717, 1.165) is 27.3 Å². The average molecular weight is 413 g/mol. The van der Waals surface area contributed by atoms with Crippen molar-refractivity contribution in [3.05, 3.63) is 59.7 Å². The van der Waals surface area contributed by atoms with Crippen LogP contribution in [0.15, 0.2) is 52.9 Å². The van der Waals surface area contributed by atoms with E-state index < -0.39 is 0 Å². The number of aryl methyl sites for hydroxylation is 1. The van der Waals surface area contributed by atoms with Crippen LogP contribution in [-0.2, 0) is 4.79 Å². The molecule has 7 heteroatoms. The molecule has 0 spiro atoms. The van der Waals surface area contributed by atoms with E-state index in [-0.39, 0.29) is 5.91 Å². The van der Waals surface area contributed by atoms with Crippen molar-refractivity contribution in [2.75, 3.05) is 16.4 Å². The van der Waals surface area contributed by atoms with Gasteiger partial charge in [0.05, 0.1) is 5.75 Å². The topological polar surface area (TPSA) is 66.9 Å². The lowest BCUT2D eigenvalue weighted by Crippen LogP contribution is -2.15. The predicted octanol–water partition coefficient (Wildman–Crippen LogP) is 5.83. The summed E-state index contributed by atoms with van der Waals surface area (Å²) in [5, 5.41) is 15.3. The second-order valence-corrected chi connectivity index (χ2v) is 8.80. The SMILES string of the molecule is CC[C@H](C)c1ccccc1NC(=O)CSc1nnc(Nc2cccc(C)c2)s1. The third kappa shape index (κ3) is 5.56. The molecule has 0 unspecified atom stereocenters. The Morgan fingerprint density at radius 3 is 2.79 bits per heavy atom. The normalized spacial score (nSPS) is 11.8. The zero-order valence-corrected chi connectivity index (χ0v) is 17.9. The lowest BCUT2D eigenvalue weighted by molar-refractivity contribution is -0.113. The van der Waals surface area contributed by atoms with E-state index in [1.165, 1.54) is 34.2 Å². The van der Waals surface area contributed by atoms with Gasteiger partial charge in [-0.3, -0.25) is 4.79 Å². The maximum absolute atomic E-state index is 12.4. The average Bonchev–Trinajstić information content (AvgIpc) is 3.13. The predicted molar refractivity (Wildman–Crippen MR) is 119 cm³/mol. The molecule has 0 bridgehead atoms. The standard InChI is InChI=1S/C21H24N4OS2/c1-4-15(3)17-10-5-6-11-18(17)23-19(26)13-27-21-25-24-20(28-21)22-16-9-7-8-14(2)12-16/h5-12,15H,4,13H2,1-3H3,(H,22,24)(H,23,26)/t15-/m0/s1. The fourth-order valence-corrected chi connectivity index (χ4v) is 4.31. The second-order valence-electron chi connectivity index (χ2n) is 6.60. The Hall–Kier alpha value is -2.38. The molecule has 0 fully saturated rings. The molecule has 1 amide bonds. The van der Waals surface area contributed by atoms with Gasteiger partial charge in [0.15, 0.2) is 4.34 Å². The summed E-state index contributed by atoms with van der Waals surface area (Å²) < 4.78 is 0.764. The van der Waals surface area contributed by atoms with E-state index >= 15 is 0 Å². The van der Waals surface area contributed by atoms with Gasteiger partial charge >= 0.3 is 0 Å². The highest BCUT2D eigenvalue weighted by molar-refractivity contribution is 8.01. The van der Waals surface area contributed by atoms with E-state index in [1.807, 2.05) is 43.3 Å². The molecule has 3 rings (SSSR count). The van der Waals surface area contributed by atoms with Gasteiger partial charge in [-0.2, -0.15) is 0 Å². The van der Waals surface area contributed by atoms with Gasteiger partial charge in [-0.15, -0.1) is 10.2 Å². The number of carbonyl (C=O) groups excluding carboxylic acids is 1. The van der Waals surface area contributed by atoms with Crippen LogP contribution in [-0.4, -0.2) is 21.9 Å². The zero-order valence-electron chi connectivity index (χ0n) is 16.2. The molecule has 0 saturated heterocycles. The quantitative estimate of drug-likeness (QED) is 0.455. The third-order valence-electron chi connectivity index (χ3n) is 4.38. The Kier molecular flexibility index (Phi) is 7.06. The Morgan fingerprint density at radius 2 is 2.00 bits per heavy atom. The molecule has 5 nitrogen and oxygen atoms in total. The number of thioether (sulfide) groups is 1. The number of aromatic nitrogens is 2. The second kappa shape index (κ2) is 9.71. The van der Waals surface area contributed by atoms with E-state index in [4.69, 9.17) is 0 Å². The molecule has 3 aromatic rings. The van der Waals surface area contributed by atoms with Crippen molar-refractivity contribution >= 4 is 45.5 Å². The largest absolute Gasteiger partial charge is 0.330 e. The first-order valence-electron chi connectivity index (χ1n) is 9.24. The van der Waals surface area contributed by atoms with E-state index in [2.05, 4.69) is 46.8 Å². The highest BCUT2D eigenvalue weighted by Gasteiger charge is 2.12. The molecule has 1 aromatic heterocycles. The molecule has 1 atom stereocenters. The van der Waals surface area contributed by atoms with Crippen LogP contribution in [0.5, 0.6) is 0 Å². The number of nitrogens with one attached hydrogen (secondary N) is 2. The molecular weight excluding hydrogens is 388 g/mol. The van der Waals surface area contributed by atoms with Gasteiger partial charge in [0.1, 0.15) is 0 Å². The number of para-hydroxylation sites is 1. The highest BCUT2D eigenvalue weighted by Crippen LogP contribution is 2.29. The fourth-order valence-electron chi connectivity index (χ4n) is 2.74. The van der Waals surface area contributed by atoms with Gasteiger partial charge in [-0.1, -0.05) is 67.3 Å². The highest BCUT2D eigenvalue weighted by atomic mass is 32.2. The number of nitrogens with zero attached hydrogens (tertiary/aromatic N) is 2. The molecule has 0 saturated carbocycles. The number of benzene rings is 2. The summed E-state index contributed by atoms with van der Waals surface area (Å²) in [5.74, 6) is 0.667. The van der Waals surface area contributed by atoms with Crippen molar-refractivity contribution in [3.8, 4) is 0 Å². The molecule has 0 aliphatic rings. The van der Waals surface area contributed by atoms with Crippen LogP contribution < -0.4 is 10.6 Å². The Labute approximate surface area is 174 Å². The van der Waals surface area contributed by atoms with Crippen LogP contribution in [0.1, 0.15) is 37.3 Å². The monoisotopic (exact) mass is 412 g/mol. The molecule has 2 aromatic carbocycles. The van der Waals surface area contributed by atoms with Crippen LogP contribution in [0, 0.1) is 6.92 Å². The minimum absolute atomic E-state index is 0.0378. The van der Waals surface area contributed by atoms with Gasteiger partial charge in [0, 0.05) is 11.4 Å². The van der Waals surface area contributed by atoms with Crippen LogP contribution in [0.2, 0.25) is 0 Å². The maximum Gasteiger partial charge on any atom is 0.234 e. The summed E-state index contributed by atoms with van der Waals surface area (Å²) in [7, 11) is 0. The van der Waals surface area contributed by atoms with Crippen LogP contribution in [0.3, 0.4) is 0 Å². The number of amides is 1. The van der Waals surface area contributed by atoms with Crippen molar-refractivity contribution in [2.24, 2.45) is 0 Å². The Balaban J connectivity index is 1.55. The van der Waals surface area contributed by atoms with Crippen LogP contribution in [0.25, 0.3) is 0 Å². The third-order valence-corrected chi connectivity index (χ3v) is 6.35. The smallest absolute Gasteiger partial charge is 0.234 e. The van der Waals surface area contributed by atoms with E-state index in [0.29, 0.717) is 11.7 Å². The maximum atomic E-state index is 12.4. The summed E-state index contributed by atoms with van der Waals surface area (Å²) in [5.41, 5.74) is 4.22. The van der Waals surface area contributed by atoms with Gasteiger partial charge in [0.25, 0.3) is 0 Å². The van der Waals surface area contributed by atoms with Crippen molar-refractivity contribution in [1.29, 1.82) is 0 Å². The first-order chi connectivity index (χ1) is 13.5. The van der Waals surface area contributed by atoms with Crippen molar-refractivity contribution in [1.82, 2.24) is 10.2 Å². The summed E-state index contributed by atoms with van der Waals surface area (Å²) in [6, 6.07) is 16.1. The number of carbonyl (C=O) groups is 1. The van der Waals surface area contributed by atoms with E-state index in [1.54, 1.807) is 0 Å². The van der Waals surface area contributed by atoms with Crippen molar-refractivity contribution in [2.45, 2.75) is 37.4 Å². The summed E-state index contributed by atoms with van der Waals surface area (Å²) in [4.78, 5) is 12.4. The minimum Gasteiger partial charge on any atom is -0.330 e. The van der Waals surface area contributed by atoms with Crippen molar-refractivity contribution < 1.29 is 4.79 Å². The summed E-state index contributed by atoms with van der Waals surface area (Å²) in [6.07, 6.45) is 1.03. The van der Waals surface area contributed by atoms with Gasteiger partial charge < -0.3 is 10.6 Å². The van der Waals surface area contributed by atoms with Gasteiger partial charge in [0.2, 0.25) is 11.0 Å². The molecule has 2 N–H and O–H groups in total. The Morgan fingerprint density at radius 1 is 1.18 bits per heavy atom.